The average Bonchev–Trinajstić information content (AvgIpc) is 2.66. The number of aromatic nitrogens is 3. The summed E-state index contributed by atoms with van der Waals surface area (Å²) in [6.45, 7) is 1.28. The van der Waals surface area contributed by atoms with Crippen molar-refractivity contribution < 1.29 is 5.11 Å². The topological polar surface area (TPSA) is 63.0 Å². The molecule has 0 fully saturated rings. The first-order valence-electron chi connectivity index (χ1n) is 5.09. The zero-order valence-corrected chi connectivity index (χ0v) is 9.09. The summed E-state index contributed by atoms with van der Waals surface area (Å²) in [5.41, 5.74) is 1.00. The molecule has 0 aliphatic carbocycles. The van der Waals surface area contributed by atoms with Gasteiger partial charge < -0.3 is 10.4 Å². The van der Waals surface area contributed by atoms with E-state index in [1.807, 2.05) is 19.2 Å². The summed E-state index contributed by atoms with van der Waals surface area (Å²) in [7, 11) is 1.86. The smallest absolute Gasteiger partial charge is 0.164 e. The molecule has 2 N–H and O–H groups in total. The number of benzene rings is 1. The van der Waals surface area contributed by atoms with Crippen LogP contribution in [-0.2, 0) is 13.1 Å². The van der Waals surface area contributed by atoms with Crippen LogP contribution in [0.3, 0.4) is 0 Å². The lowest BCUT2D eigenvalue weighted by molar-refractivity contribution is 0.474. The van der Waals surface area contributed by atoms with Gasteiger partial charge in [0.15, 0.2) is 5.82 Å². The van der Waals surface area contributed by atoms with E-state index in [1.165, 1.54) is 0 Å². The second-order valence-corrected chi connectivity index (χ2v) is 3.56. The molecule has 2 aromatic rings. The van der Waals surface area contributed by atoms with E-state index in [0.717, 1.165) is 11.4 Å². The van der Waals surface area contributed by atoms with Crippen LogP contribution in [0.1, 0.15) is 11.4 Å². The number of aromatic hydroxyl groups is 1. The number of nitrogens with one attached hydrogen (secondary N) is 1. The van der Waals surface area contributed by atoms with Gasteiger partial charge in [-0.15, -0.1) is 0 Å². The summed E-state index contributed by atoms with van der Waals surface area (Å²) >= 11 is 0. The summed E-state index contributed by atoms with van der Waals surface area (Å²) in [6, 6.07) is 7.13. The maximum absolute atomic E-state index is 9.33. The number of hydrogen-bond donors (Lipinski definition) is 2. The molecule has 0 aliphatic rings. The van der Waals surface area contributed by atoms with Crippen molar-refractivity contribution in [1.29, 1.82) is 0 Å². The van der Waals surface area contributed by atoms with Gasteiger partial charge in [0.05, 0.1) is 13.1 Å². The molecule has 5 heteroatoms. The van der Waals surface area contributed by atoms with Gasteiger partial charge in [0.25, 0.3) is 0 Å². The summed E-state index contributed by atoms with van der Waals surface area (Å²) in [6.07, 6.45) is 1.69. The van der Waals surface area contributed by atoms with Gasteiger partial charge in [-0.1, -0.05) is 12.1 Å². The van der Waals surface area contributed by atoms with Crippen molar-refractivity contribution in [2.75, 3.05) is 7.05 Å². The van der Waals surface area contributed by atoms with Crippen molar-refractivity contribution >= 4 is 0 Å². The van der Waals surface area contributed by atoms with Crippen LogP contribution in [-0.4, -0.2) is 26.9 Å². The van der Waals surface area contributed by atoms with Gasteiger partial charge in [-0.25, -0.2) is 9.67 Å². The molecular formula is C11H14N4O. The highest BCUT2D eigenvalue weighted by Gasteiger charge is 2.01. The molecule has 2 rings (SSSR count). The van der Waals surface area contributed by atoms with Gasteiger partial charge in [-0.2, -0.15) is 5.10 Å². The Morgan fingerprint density at radius 3 is 3.06 bits per heavy atom. The van der Waals surface area contributed by atoms with Crippen molar-refractivity contribution in [3.63, 3.8) is 0 Å². The minimum atomic E-state index is 0.271. The lowest BCUT2D eigenvalue weighted by Crippen LogP contribution is -2.08. The molecule has 84 valence electrons. The molecule has 1 heterocycles. The van der Waals surface area contributed by atoms with E-state index in [-0.39, 0.29) is 5.75 Å². The molecule has 5 nitrogen and oxygen atoms in total. The molecule has 0 bridgehead atoms. The standard InChI is InChI=1S/C11H14N4O/c1-12-6-11-13-8-15(14-11)7-9-3-2-4-10(16)5-9/h2-5,8,12,16H,6-7H2,1H3. The minimum absolute atomic E-state index is 0.271. The zero-order chi connectivity index (χ0) is 11.4. The van der Waals surface area contributed by atoms with Gasteiger partial charge in [0.1, 0.15) is 12.1 Å². The Labute approximate surface area is 93.8 Å². The van der Waals surface area contributed by atoms with Gasteiger partial charge in [-0.05, 0) is 24.7 Å². The molecule has 16 heavy (non-hydrogen) atoms. The molecule has 0 saturated carbocycles. The fraction of sp³-hybridized carbons (Fsp3) is 0.273. The lowest BCUT2D eigenvalue weighted by Gasteiger charge is -2.01. The molecule has 1 aromatic heterocycles. The third-order valence-corrected chi connectivity index (χ3v) is 2.17. The van der Waals surface area contributed by atoms with Crippen LogP contribution in [0.15, 0.2) is 30.6 Å². The van der Waals surface area contributed by atoms with Crippen molar-refractivity contribution in [3.8, 4) is 5.75 Å². The third kappa shape index (κ3) is 2.58. The number of phenolic OH excluding ortho intramolecular Hbond substituents is 1. The first kappa shape index (κ1) is 10.6. The van der Waals surface area contributed by atoms with E-state index in [9.17, 15) is 5.11 Å². The van der Waals surface area contributed by atoms with E-state index < -0.39 is 0 Å². The fourth-order valence-corrected chi connectivity index (χ4v) is 1.49. The van der Waals surface area contributed by atoms with Crippen LogP contribution in [0, 0.1) is 0 Å². The van der Waals surface area contributed by atoms with Crippen LogP contribution in [0.4, 0.5) is 0 Å². The number of nitrogens with zero attached hydrogens (tertiary/aromatic N) is 3. The largest absolute Gasteiger partial charge is 0.508 e. The highest BCUT2D eigenvalue weighted by molar-refractivity contribution is 5.27. The quantitative estimate of drug-likeness (QED) is 0.795. The monoisotopic (exact) mass is 218 g/mol. The molecule has 0 aliphatic heterocycles. The van der Waals surface area contributed by atoms with E-state index >= 15 is 0 Å². The van der Waals surface area contributed by atoms with Crippen molar-refractivity contribution in [1.82, 2.24) is 20.1 Å². The van der Waals surface area contributed by atoms with Crippen molar-refractivity contribution in [2.45, 2.75) is 13.1 Å². The predicted octanol–water partition coefficient (Wildman–Crippen LogP) is 0.751. The predicted molar refractivity (Wildman–Crippen MR) is 60.0 cm³/mol. The average molecular weight is 218 g/mol. The SMILES string of the molecule is CNCc1ncn(Cc2cccc(O)c2)n1. The molecule has 0 spiro atoms. The van der Waals surface area contributed by atoms with Crippen LogP contribution in [0.25, 0.3) is 0 Å². The first-order chi connectivity index (χ1) is 7.78. The van der Waals surface area contributed by atoms with Crippen molar-refractivity contribution in [2.24, 2.45) is 0 Å². The summed E-state index contributed by atoms with van der Waals surface area (Å²) in [5, 5.41) is 16.6. The molecular weight excluding hydrogens is 204 g/mol. The molecule has 0 saturated heterocycles. The van der Waals surface area contributed by atoms with Gasteiger partial charge in [0.2, 0.25) is 0 Å². The van der Waals surface area contributed by atoms with Gasteiger partial charge >= 0.3 is 0 Å². The van der Waals surface area contributed by atoms with Gasteiger partial charge in [-0.3, -0.25) is 0 Å². The summed E-state index contributed by atoms with van der Waals surface area (Å²) < 4.78 is 1.75. The third-order valence-electron chi connectivity index (χ3n) is 2.17. The van der Waals surface area contributed by atoms with E-state index in [4.69, 9.17) is 0 Å². The van der Waals surface area contributed by atoms with Crippen LogP contribution in [0.2, 0.25) is 0 Å². The van der Waals surface area contributed by atoms with Gasteiger partial charge in [0, 0.05) is 0 Å². The number of rotatable bonds is 4. The minimum Gasteiger partial charge on any atom is -0.508 e. The van der Waals surface area contributed by atoms with E-state index in [2.05, 4.69) is 15.4 Å². The maximum atomic E-state index is 9.33. The maximum Gasteiger partial charge on any atom is 0.164 e. The zero-order valence-electron chi connectivity index (χ0n) is 9.09. The highest BCUT2D eigenvalue weighted by atomic mass is 16.3. The van der Waals surface area contributed by atoms with Crippen LogP contribution in [0.5, 0.6) is 5.75 Å². The molecule has 1 aromatic carbocycles. The Kier molecular flexibility index (Phi) is 3.16. The highest BCUT2D eigenvalue weighted by Crippen LogP contribution is 2.11. The fourth-order valence-electron chi connectivity index (χ4n) is 1.49. The molecule has 0 amide bonds. The number of hydrogen-bond acceptors (Lipinski definition) is 4. The molecule has 0 atom stereocenters. The number of phenols is 1. The Hall–Kier alpha value is -1.88. The van der Waals surface area contributed by atoms with E-state index in [0.29, 0.717) is 13.1 Å². The van der Waals surface area contributed by atoms with Crippen LogP contribution >= 0.6 is 0 Å². The first-order valence-corrected chi connectivity index (χ1v) is 5.09. The molecule has 0 radical (unpaired) electrons. The normalized spacial score (nSPS) is 10.6. The summed E-state index contributed by atoms with van der Waals surface area (Å²) in [5.74, 6) is 1.04. The Morgan fingerprint density at radius 2 is 2.31 bits per heavy atom. The Bertz CT molecular complexity index is 467. The Morgan fingerprint density at radius 1 is 1.44 bits per heavy atom. The summed E-state index contributed by atoms with van der Waals surface area (Å²) in [4.78, 5) is 4.15. The second-order valence-electron chi connectivity index (χ2n) is 3.56. The second kappa shape index (κ2) is 4.76. The van der Waals surface area contributed by atoms with E-state index in [1.54, 1.807) is 23.1 Å². The molecule has 0 unspecified atom stereocenters. The van der Waals surface area contributed by atoms with Crippen molar-refractivity contribution in [3.05, 3.63) is 42.0 Å². The van der Waals surface area contributed by atoms with Crippen LogP contribution < -0.4 is 5.32 Å². The lowest BCUT2D eigenvalue weighted by atomic mass is 10.2. The Balaban J connectivity index is 2.08.